The maximum absolute atomic E-state index is 13.1. The van der Waals surface area contributed by atoms with Crippen LogP contribution in [0, 0.1) is 5.82 Å². The zero-order valence-electron chi connectivity index (χ0n) is 7.99. The van der Waals surface area contributed by atoms with E-state index in [9.17, 15) is 9.50 Å². The predicted octanol–water partition coefficient (Wildman–Crippen LogP) is 1.50. The van der Waals surface area contributed by atoms with Crippen LogP contribution in [0.4, 0.5) is 4.39 Å². The van der Waals surface area contributed by atoms with E-state index in [4.69, 9.17) is 5.11 Å². The van der Waals surface area contributed by atoms with Crippen LogP contribution in [0.3, 0.4) is 0 Å². The average Bonchev–Trinajstić information content (AvgIpc) is 2.18. The molecule has 2 nitrogen and oxygen atoms in total. The molecule has 0 radical (unpaired) electrons. The van der Waals surface area contributed by atoms with Crippen LogP contribution in [0.15, 0.2) is 24.3 Å². The fourth-order valence-electron chi connectivity index (χ4n) is 1.35. The highest BCUT2D eigenvalue weighted by atomic mass is 19.1. The third kappa shape index (κ3) is 3.44. The summed E-state index contributed by atoms with van der Waals surface area (Å²) in [5.41, 5.74) is 0.526. The van der Waals surface area contributed by atoms with E-state index in [1.165, 1.54) is 6.07 Å². The van der Waals surface area contributed by atoms with Gasteiger partial charge in [0.05, 0.1) is 6.10 Å². The Hall–Kier alpha value is -0.930. The van der Waals surface area contributed by atoms with Gasteiger partial charge in [0.25, 0.3) is 0 Å². The average molecular weight is 198 g/mol. The first-order valence-corrected chi connectivity index (χ1v) is 4.76. The van der Waals surface area contributed by atoms with Crippen molar-refractivity contribution in [2.75, 3.05) is 6.61 Å². The second kappa shape index (κ2) is 5.73. The zero-order chi connectivity index (χ0) is 10.4. The van der Waals surface area contributed by atoms with Crippen LogP contribution in [-0.4, -0.2) is 22.9 Å². The van der Waals surface area contributed by atoms with Crippen LogP contribution < -0.4 is 0 Å². The van der Waals surface area contributed by atoms with Crippen LogP contribution in [0.2, 0.25) is 0 Å². The predicted molar refractivity (Wildman–Crippen MR) is 52.4 cm³/mol. The number of halogens is 1. The summed E-state index contributed by atoms with van der Waals surface area (Å²) in [6.45, 7) is 0.0638. The topological polar surface area (TPSA) is 40.5 Å². The van der Waals surface area contributed by atoms with Gasteiger partial charge in [-0.2, -0.15) is 0 Å². The van der Waals surface area contributed by atoms with Crippen LogP contribution in [-0.2, 0) is 6.42 Å². The monoisotopic (exact) mass is 198 g/mol. The Labute approximate surface area is 83.0 Å². The minimum absolute atomic E-state index is 0.0638. The number of benzene rings is 1. The number of rotatable bonds is 5. The highest BCUT2D eigenvalue weighted by Gasteiger charge is 2.08. The molecule has 0 heterocycles. The Kier molecular flexibility index (Phi) is 4.56. The Bertz CT molecular complexity index is 276. The van der Waals surface area contributed by atoms with E-state index in [0.29, 0.717) is 24.8 Å². The number of aliphatic hydroxyl groups is 2. The van der Waals surface area contributed by atoms with Crippen molar-refractivity contribution in [3.63, 3.8) is 0 Å². The molecule has 0 spiro atoms. The van der Waals surface area contributed by atoms with Crippen molar-refractivity contribution in [2.24, 2.45) is 0 Å². The van der Waals surface area contributed by atoms with E-state index in [2.05, 4.69) is 0 Å². The summed E-state index contributed by atoms with van der Waals surface area (Å²) in [5.74, 6) is -0.282. The summed E-state index contributed by atoms with van der Waals surface area (Å²) in [6.07, 6.45) is 0.798. The molecule has 1 aromatic carbocycles. The van der Waals surface area contributed by atoms with Crippen LogP contribution in [0.5, 0.6) is 0 Å². The maximum Gasteiger partial charge on any atom is 0.126 e. The summed E-state index contributed by atoms with van der Waals surface area (Å²) >= 11 is 0. The normalized spacial score (nSPS) is 12.8. The molecular formula is C11H15FO2. The Balaban J connectivity index is 2.47. The van der Waals surface area contributed by atoms with Crippen molar-refractivity contribution < 1.29 is 14.6 Å². The molecule has 0 aliphatic heterocycles. The van der Waals surface area contributed by atoms with Crippen molar-refractivity contribution in [1.82, 2.24) is 0 Å². The number of hydrogen-bond acceptors (Lipinski definition) is 2. The zero-order valence-corrected chi connectivity index (χ0v) is 7.99. The second-order valence-electron chi connectivity index (χ2n) is 3.32. The van der Waals surface area contributed by atoms with Crippen molar-refractivity contribution in [2.45, 2.75) is 25.4 Å². The molecule has 0 amide bonds. The molecule has 0 bridgehead atoms. The van der Waals surface area contributed by atoms with Crippen molar-refractivity contribution in [3.8, 4) is 0 Å². The van der Waals surface area contributed by atoms with E-state index in [0.717, 1.165) is 0 Å². The lowest BCUT2D eigenvalue weighted by Gasteiger charge is -2.09. The lowest BCUT2D eigenvalue weighted by atomic mass is 10.0. The van der Waals surface area contributed by atoms with Gasteiger partial charge < -0.3 is 10.2 Å². The van der Waals surface area contributed by atoms with Crippen molar-refractivity contribution in [1.29, 1.82) is 0 Å². The molecule has 3 heteroatoms. The SMILES string of the molecule is OCCCC(O)Cc1ccccc1F. The first kappa shape index (κ1) is 11.1. The highest BCUT2D eigenvalue weighted by Crippen LogP contribution is 2.11. The third-order valence-corrected chi connectivity index (χ3v) is 2.11. The fourth-order valence-corrected chi connectivity index (χ4v) is 1.35. The van der Waals surface area contributed by atoms with Gasteiger partial charge in [0.15, 0.2) is 0 Å². The summed E-state index contributed by atoms with van der Waals surface area (Å²) in [5, 5.41) is 18.0. The molecular weight excluding hydrogens is 183 g/mol. The molecule has 1 unspecified atom stereocenters. The van der Waals surface area contributed by atoms with Gasteiger partial charge in [-0.15, -0.1) is 0 Å². The van der Waals surface area contributed by atoms with Gasteiger partial charge in [-0.25, -0.2) is 4.39 Å². The highest BCUT2D eigenvalue weighted by molar-refractivity contribution is 5.17. The van der Waals surface area contributed by atoms with Crippen LogP contribution >= 0.6 is 0 Å². The van der Waals surface area contributed by atoms with Gasteiger partial charge in [0.1, 0.15) is 5.82 Å². The smallest absolute Gasteiger partial charge is 0.126 e. The molecule has 0 aliphatic carbocycles. The van der Waals surface area contributed by atoms with E-state index < -0.39 is 6.10 Å². The molecule has 1 rings (SSSR count). The Morgan fingerprint density at radius 1 is 1.29 bits per heavy atom. The summed E-state index contributed by atoms with van der Waals surface area (Å²) in [6, 6.07) is 6.42. The fraction of sp³-hybridized carbons (Fsp3) is 0.455. The molecule has 14 heavy (non-hydrogen) atoms. The Morgan fingerprint density at radius 2 is 2.00 bits per heavy atom. The van der Waals surface area contributed by atoms with Crippen molar-refractivity contribution in [3.05, 3.63) is 35.6 Å². The molecule has 0 aromatic heterocycles. The molecule has 2 N–H and O–H groups in total. The van der Waals surface area contributed by atoms with Crippen LogP contribution in [0.1, 0.15) is 18.4 Å². The van der Waals surface area contributed by atoms with Gasteiger partial charge in [0.2, 0.25) is 0 Å². The summed E-state index contributed by atoms with van der Waals surface area (Å²) in [4.78, 5) is 0. The van der Waals surface area contributed by atoms with E-state index >= 15 is 0 Å². The third-order valence-electron chi connectivity index (χ3n) is 2.11. The second-order valence-corrected chi connectivity index (χ2v) is 3.32. The lowest BCUT2D eigenvalue weighted by Crippen LogP contribution is -2.12. The molecule has 78 valence electrons. The minimum Gasteiger partial charge on any atom is -0.396 e. The van der Waals surface area contributed by atoms with Gasteiger partial charge in [0, 0.05) is 13.0 Å². The Morgan fingerprint density at radius 3 is 2.64 bits per heavy atom. The quantitative estimate of drug-likeness (QED) is 0.752. The van der Waals surface area contributed by atoms with Gasteiger partial charge in [-0.1, -0.05) is 18.2 Å². The molecule has 0 fully saturated rings. The standard InChI is InChI=1S/C11H15FO2/c12-11-6-2-1-4-9(11)8-10(14)5-3-7-13/h1-2,4,6,10,13-14H,3,5,7-8H2. The molecule has 0 saturated heterocycles. The van der Waals surface area contributed by atoms with Crippen molar-refractivity contribution >= 4 is 0 Å². The van der Waals surface area contributed by atoms with Crippen LogP contribution in [0.25, 0.3) is 0 Å². The number of hydrogen-bond donors (Lipinski definition) is 2. The van der Waals surface area contributed by atoms with E-state index in [1.54, 1.807) is 18.2 Å². The molecule has 1 atom stereocenters. The summed E-state index contributed by atoms with van der Waals surface area (Å²) in [7, 11) is 0. The van der Waals surface area contributed by atoms with Gasteiger partial charge >= 0.3 is 0 Å². The summed E-state index contributed by atoms with van der Waals surface area (Å²) < 4.78 is 13.1. The van der Waals surface area contributed by atoms with E-state index in [1.807, 2.05) is 0 Å². The van der Waals surface area contributed by atoms with Gasteiger partial charge in [-0.05, 0) is 24.5 Å². The minimum atomic E-state index is -0.570. The first-order chi connectivity index (χ1) is 6.74. The number of aliphatic hydroxyl groups excluding tert-OH is 2. The molecule has 1 aromatic rings. The molecule has 0 aliphatic rings. The largest absolute Gasteiger partial charge is 0.396 e. The lowest BCUT2D eigenvalue weighted by molar-refractivity contribution is 0.149. The molecule has 0 saturated carbocycles. The van der Waals surface area contributed by atoms with Gasteiger partial charge in [-0.3, -0.25) is 0 Å². The maximum atomic E-state index is 13.1. The first-order valence-electron chi connectivity index (χ1n) is 4.76. The van der Waals surface area contributed by atoms with E-state index in [-0.39, 0.29) is 12.4 Å².